The van der Waals surface area contributed by atoms with E-state index in [-0.39, 0.29) is 0 Å². The van der Waals surface area contributed by atoms with Crippen molar-refractivity contribution in [3.63, 3.8) is 0 Å². The van der Waals surface area contributed by atoms with Crippen LogP contribution in [0.4, 0.5) is 0 Å². The lowest BCUT2D eigenvalue weighted by atomic mass is 9.79. The van der Waals surface area contributed by atoms with Gasteiger partial charge in [0.2, 0.25) is 0 Å². The molecule has 2 N–H and O–H groups in total. The van der Waals surface area contributed by atoms with Gasteiger partial charge < -0.3 is 5.73 Å². The van der Waals surface area contributed by atoms with Crippen LogP contribution in [0.3, 0.4) is 0 Å². The highest BCUT2D eigenvalue weighted by Gasteiger charge is 2.56. The van der Waals surface area contributed by atoms with Crippen molar-refractivity contribution >= 4 is 0 Å². The first-order valence-corrected chi connectivity index (χ1v) is 8.34. The van der Waals surface area contributed by atoms with Gasteiger partial charge in [0.05, 0.1) is 0 Å². The van der Waals surface area contributed by atoms with Gasteiger partial charge in [-0.1, -0.05) is 46.0 Å². The van der Waals surface area contributed by atoms with Gasteiger partial charge >= 0.3 is 0 Å². The van der Waals surface area contributed by atoms with Crippen LogP contribution < -0.4 is 5.73 Å². The zero-order valence-corrected chi connectivity index (χ0v) is 12.8. The fourth-order valence-corrected chi connectivity index (χ4v) is 4.78. The highest BCUT2D eigenvalue weighted by molar-refractivity contribution is 5.05. The van der Waals surface area contributed by atoms with Crippen molar-refractivity contribution in [3.05, 3.63) is 0 Å². The smallest absolute Gasteiger partial charge is 0.00132 e. The van der Waals surface area contributed by atoms with Gasteiger partial charge in [0, 0.05) is 6.04 Å². The molecule has 1 heteroatoms. The summed E-state index contributed by atoms with van der Waals surface area (Å²) >= 11 is 0. The molecule has 0 bridgehead atoms. The van der Waals surface area contributed by atoms with E-state index in [1.54, 1.807) is 0 Å². The Labute approximate surface area is 114 Å². The van der Waals surface area contributed by atoms with Crippen molar-refractivity contribution in [1.29, 1.82) is 0 Å². The summed E-state index contributed by atoms with van der Waals surface area (Å²) in [6, 6.07) is 0.376. The normalized spacial score (nSPS) is 35.7. The van der Waals surface area contributed by atoms with Crippen molar-refractivity contribution in [2.24, 2.45) is 28.9 Å². The Kier molecular flexibility index (Phi) is 4.75. The Morgan fingerprint density at radius 1 is 1.22 bits per heavy atom. The Bertz CT molecular complexity index is 254. The topological polar surface area (TPSA) is 26.0 Å². The zero-order valence-electron chi connectivity index (χ0n) is 12.8. The lowest BCUT2D eigenvalue weighted by molar-refractivity contribution is 0.237. The molecule has 2 fully saturated rings. The minimum Gasteiger partial charge on any atom is -0.328 e. The van der Waals surface area contributed by atoms with Gasteiger partial charge in [-0.05, 0) is 55.8 Å². The van der Waals surface area contributed by atoms with E-state index in [0.29, 0.717) is 11.5 Å². The predicted molar refractivity (Wildman–Crippen MR) is 79.5 cm³/mol. The summed E-state index contributed by atoms with van der Waals surface area (Å²) in [5.74, 6) is 2.94. The molecular formula is C17H33N. The minimum absolute atomic E-state index is 0.376. The third-order valence-electron chi connectivity index (χ3n) is 5.79. The van der Waals surface area contributed by atoms with Gasteiger partial charge in [-0.3, -0.25) is 0 Å². The molecule has 2 aliphatic carbocycles. The maximum Gasteiger partial charge on any atom is 0.00132 e. The highest BCUT2D eigenvalue weighted by Crippen LogP contribution is 2.64. The van der Waals surface area contributed by atoms with Gasteiger partial charge in [-0.2, -0.15) is 0 Å². The minimum atomic E-state index is 0.376. The lowest BCUT2D eigenvalue weighted by Gasteiger charge is -2.27. The molecule has 4 unspecified atom stereocenters. The average Bonchev–Trinajstić information content (AvgIpc) is 2.73. The van der Waals surface area contributed by atoms with E-state index in [1.165, 1.54) is 57.8 Å². The summed E-state index contributed by atoms with van der Waals surface area (Å²) in [5.41, 5.74) is 6.71. The van der Waals surface area contributed by atoms with E-state index in [4.69, 9.17) is 5.73 Å². The quantitative estimate of drug-likeness (QED) is 0.694. The van der Waals surface area contributed by atoms with Crippen LogP contribution in [0.5, 0.6) is 0 Å². The fraction of sp³-hybridized carbons (Fsp3) is 1.00. The summed E-state index contributed by atoms with van der Waals surface area (Å²) in [4.78, 5) is 0. The molecule has 0 spiro atoms. The third-order valence-corrected chi connectivity index (χ3v) is 5.79. The third kappa shape index (κ3) is 3.10. The lowest BCUT2D eigenvalue weighted by Crippen LogP contribution is -2.25. The second kappa shape index (κ2) is 5.94. The van der Waals surface area contributed by atoms with Crippen molar-refractivity contribution in [2.45, 2.75) is 84.6 Å². The standard InChI is InChI=1S/C17H33N/c1-4-9-17(13(2)10-14(3)18)12-16(17)11-15-7-5-6-8-15/h13-16H,4-12,18H2,1-3H3. The van der Waals surface area contributed by atoms with Gasteiger partial charge in [0.15, 0.2) is 0 Å². The summed E-state index contributed by atoms with van der Waals surface area (Å²) in [6.07, 6.45) is 13.1. The molecule has 4 atom stereocenters. The van der Waals surface area contributed by atoms with Crippen molar-refractivity contribution < 1.29 is 0 Å². The van der Waals surface area contributed by atoms with Crippen LogP contribution >= 0.6 is 0 Å². The second-order valence-corrected chi connectivity index (χ2v) is 7.38. The number of hydrogen-bond donors (Lipinski definition) is 1. The molecule has 18 heavy (non-hydrogen) atoms. The Morgan fingerprint density at radius 3 is 2.44 bits per heavy atom. The highest BCUT2D eigenvalue weighted by atomic mass is 14.7. The first kappa shape index (κ1) is 14.4. The summed E-state index contributed by atoms with van der Waals surface area (Å²) < 4.78 is 0. The first-order valence-electron chi connectivity index (χ1n) is 8.34. The molecule has 0 saturated heterocycles. The van der Waals surface area contributed by atoms with Crippen LogP contribution in [0.15, 0.2) is 0 Å². The van der Waals surface area contributed by atoms with Crippen molar-refractivity contribution in [3.8, 4) is 0 Å². The molecule has 0 aromatic heterocycles. The molecule has 0 aromatic rings. The molecule has 2 rings (SSSR count). The average molecular weight is 251 g/mol. The summed E-state index contributed by atoms with van der Waals surface area (Å²) in [6.45, 7) is 6.99. The van der Waals surface area contributed by atoms with Crippen molar-refractivity contribution in [2.75, 3.05) is 0 Å². The fourth-order valence-electron chi connectivity index (χ4n) is 4.78. The molecule has 0 amide bonds. The number of hydrogen-bond acceptors (Lipinski definition) is 1. The van der Waals surface area contributed by atoms with Gasteiger partial charge in [0.1, 0.15) is 0 Å². The van der Waals surface area contributed by atoms with Crippen LogP contribution in [0.25, 0.3) is 0 Å². The number of rotatable bonds is 7. The van der Waals surface area contributed by atoms with E-state index >= 15 is 0 Å². The predicted octanol–water partition coefficient (Wildman–Crippen LogP) is 4.75. The first-order chi connectivity index (χ1) is 8.58. The molecule has 2 aliphatic rings. The molecule has 2 saturated carbocycles. The van der Waals surface area contributed by atoms with E-state index in [1.807, 2.05) is 0 Å². The monoisotopic (exact) mass is 251 g/mol. The van der Waals surface area contributed by atoms with Gasteiger partial charge in [-0.25, -0.2) is 0 Å². The SMILES string of the molecule is CCCC1(C(C)CC(C)N)CC1CC1CCCC1. The van der Waals surface area contributed by atoms with E-state index in [0.717, 1.165) is 17.8 Å². The molecule has 0 aromatic carbocycles. The van der Waals surface area contributed by atoms with E-state index < -0.39 is 0 Å². The molecule has 0 radical (unpaired) electrons. The maximum atomic E-state index is 6.02. The van der Waals surface area contributed by atoms with E-state index in [2.05, 4.69) is 20.8 Å². The molecular weight excluding hydrogens is 218 g/mol. The largest absolute Gasteiger partial charge is 0.328 e. The van der Waals surface area contributed by atoms with Crippen LogP contribution in [0.1, 0.15) is 78.6 Å². The summed E-state index contributed by atoms with van der Waals surface area (Å²) in [7, 11) is 0. The van der Waals surface area contributed by atoms with Gasteiger partial charge in [-0.15, -0.1) is 0 Å². The van der Waals surface area contributed by atoms with E-state index in [9.17, 15) is 0 Å². The molecule has 1 nitrogen and oxygen atoms in total. The Hall–Kier alpha value is -0.0400. The van der Waals surface area contributed by atoms with Crippen LogP contribution in [0, 0.1) is 23.2 Å². The Balaban J connectivity index is 1.88. The zero-order chi connectivity index (χ0) is 13.2. The maximum absolute atomic E-state index is 6.02. The van der Waals surface area contributed by atoms with Crippen LogP contribution in [-0.4, -0.2) is 6.04 Å². The Morgan fingerprint density at radius 2 is 1.89 bits per heavy atom. The second-order valence-electron chi connectivity index (χ2n) is 7.38. The molecule has 106 valence electrons. The van der Waals surface area contributed by atoms with Crippen LogP contribution in [-0.2, 0) is 0 Å². The van der Waals surface area contributed by atoms with Crippen LogP contribution in [0.2, 0.25) is 0 Å². The number of nitrogens with two attached hydrogens (primary N) is 1. The molecule has 0 aliphatic heterocycles. The van der Waals surface area contributed by atoms with Crippen molar-refractivity contribution in [1.82, 2.24) is 0 Å². The van der Waals surface area contributed by atoms with Gasteiger partial charge in [0.25, 0.3) is 0 Å². The summed E-state index contributed by atoms with van der Waals surface area (Å²) in [5, 5.41) is 0. The molecule has 0 heterocycles.